The zero-order valence-electron chi connectivity index (χ0n) is 21.3. The van der Waals surface area contributed by atoms with Gasteiger partial charge in [-0.05, 0) is 62.4 Å². The van der Waals surface area contributed by atoms with Crippen LogP contribution < -0.4 is 15.4 Å². The van der Waals surface area contributed by atoms with E-state index in [0.717, 1.165) is 5.56 Å². The number of rotatable bonds is 5. The zero-order valence-corrected chi connectivity index (χ0v) is 21.3. The molecule has 0 fully saturated rings. The van der Waals surface area contributed by atoms with E-state index in [1.807, 2.05) is 32.2 Å². The Morgan fingerprint density at radius 3 is 2.51 bits per heavy atom. The van der Waals surface area contributed by atoms with Crippen molar-refractivity contribution < 1.29 is 29.3 Å². The van der Waals surface area contributed by atoms with E-state index in [-0.39, 0.29) is 34.6 Å². The monoisotopic (exact) mass is 522 g/mol. The largest absolute Gasteiger partial charge is 0.508 e. The normalized spacial score (nSPS) is 17.4. The van der Waals surface area contributed by atoms with E-state index in [1.54, 1.807) is 42.5 Å². The first kappa shape index (κ1) is 24.5. The van der Waals surface area contributed by atoms with Gasteiger partial charge in [0.05, 0.1) is 5.56 Å². The number of para-hydroxylation sites is 1. The molecule has 2 atom stereocenters. The Hall–Kier alpha value is -4.82. The third-order valence-electron chi connectivity index (χ3n) is 7.36. The Balaban J connectivity index is 1.52. The van der Waals surface area contributed by atoms with E-state index in [0.29, 0.717) is 34.4 Å². The summed E-state index contributed by atoms with van der Waals surface area (Å²) < 4.78 is 12.3. The number of aromatic hydroxyl groups is 2. The highest BCUT2D eigenvalue weighted by molar-refractivity contribution is 6.09. The SMILES string of the molecule is CN[C@@H](C)Cc1ccccc1NC(=O)c1c(O)ccc2c1Oc1cc(O)ccc1C21OC(=O)c2ccccc21. The molecule has 196 valence electrons. The number of anilines is 1. The van der Waals surface area contributed by atoms with Crippen LogP contribution in [0.1, 0.15) is 49.9 Å². The molecule has 0 bridgehead atoms. The second kappa shape index (κ2) is 9.18. The lowest BCUT2D eigenvalue weighted by Crippen LogP contribution is -2.34. The van der Waals surface area contributed by atoms with Gasteiger partial charge in [-0.25, -0.2) is 4.79 Å². The number of ether oxygens (including phenoxy) is 2. The highest BCUT2D eigenvalue weighted by Gasteiger charge is 2.54. The zero-order chi connectivity index (χ0) is 27.3. The Morgan fingerprint density at radius 2 is 1.69 bits per heavy atom. The number of likely N-dealkylation sites (N-methyl/N-ethyl adjacent to an activating group) is 1. The molecule has 2 aliphatic heterocycles. The molecule has 39 heavy (non-hydrogen) atoms. The molecule has 0 radical (unpaired) electrons. The third-order valence-corrected chi connectivity index (χ3v) is 7.36. The van der Waals surface area contributed by atoms with Crippen molar-refractivity contribution in [2.24, 2.45) is 0 Å². The van der Waals surface area contributed by atoms with Gasteiger partial charge < -0.3 is 30.3 Å². The van der Waals surface area contributed by atoms with Crippen molar-refractivity contribution in [2.45, 2.75) is 25.0 Å². The fourth-order valence-corrected chi connectivity index (χ4v) is 5.37. The first-order valence-corrected chi connectivity index (χ1v) is 12.6. The predicted octanol–water partition coefficient (Wildman–Crippen LogP) is 5.07. The van der Waals surface area contributed by atoms with Crippen molar-refractivity contribution in [3.05, 3.63) is 112 Å². The summed E-state index contributed by atoms with van der Waals surface area (Å²) in [5.74, 6) is -1.24. The van der Waals surface area contributed by atoms with E-state index >= 15 is 0 Å². The molecule has 0 aliphatic carbocycles. The van der Waals surface area contributed by atoms with E-state index in [2.05, 4.69) is 10.6 Å². The molecule has 8 nitrogen and oxygen atoms in total. The first-order chi connectivity index (χ1) is 18.8. The molecule has 2 heterocycles. The summed E-state index contributed by atoms with van der Waals surface area (Å²) in [4.78, 5) is 26.8. The van der Waals surface area contributed by atoms with Crippen LogP contribution in [-0.2, 0) is 16.8 Å². The number of phenolic OH excluding ortho intramolecular Hbond substituents is 2. The fraction of sp³-hybridized carbons (Fsp3) is 0.161. The molecule has 1 spiro atoms. The standard InChI is InChI=1S/C31H26N2O6/c1-17(32-2)15-18-7-3-6-10-24(18)33-29(36)27-25(35)14-13-23-28(27)38-26-16-19(34)11-12-22(26)31(23)21-9-5-4-8-20(21)30(37)39-31/h3-14,16-17,32,34-35H,15H2,1-2H3,(H,33,36)/t17-,31?/m0/s1. The van der Waals surface area contributed by atoms with Gasteiger partial charge in [-0.15, -0.1) is 0 Å². The van der Waals surface area contributed by atoms with Gasteiger partial charge in [0.1, 0.15) is 22.8 Å². The quantitative estimate of drug-likeness (QED) is 0.271. The number of nitrogens with one attached hydrogen (secondary N) is 2. The van der Waals surface area contributed by atoms with Crippen LogP contribution in [0, 0.1) is 0 Å². The van der Waals surface area contributed by atoms with Crippen molar-refractivity contribution in [1.29, 1.82) is 0 Å². The van der Waals surface area contributed by atoms with E-state index in [1.165, 1.54) is 18.2 Å². The van der Waals surface area contributed by atoms with Gasteiger partial charge in [0.25, 0.3) is 5.91 Å². The maximum atomic E-state index is 13.8. The molecule has 8 heteroatoms. The second-order valence-corrected chi connectivity index (χ2v) is 9.74. The molecule has 6 rings (SSSR count). The Kier molecular flexibility index (Phi) is 5.77. The number of amides is 1. The Morgan fingerprint density at radius 1 is 0.949 bits per heavy atom. The van der Waals surface area contributed by atoms with Crippen LogP contribution in [0.2, 0.25) is 0 Å². The number of hydrogen-bond acceptors (Lipinski definition) is 7. The summed E-state index contributed by atoms with van der Waals surface area (Å²) in [6.45, 7) is 2.04. The van der Waals surface area contributed by atoms with Crippen molar-refractivity contribution in [3.8, 4) is 23.0 Å². The van der Waals surface area contributed by atoms with Gasteiger partial charge in [-0.1, -0.05) is 36.4 Å². The maximum Gasteiger partial charge on any atom is 0.340 e. The molecular formula is C31H26N2O6. The smallest absolute Gasteiger partial charge is 0.340 e. The third kappa shape index (κ3) is 3.80. The summed E-state index contributed by atoms with van der Waals surface area (Å²) >= 11 is 0. The second-order valence-electron chi connectivity index (χ2n) is 9.74. The van der Waals surface area contributed by atoms with Crippen molar-refractivity contribution in [2.75, 3.05) is 12.4 Å². The lowest BCUT2D eigenvalue weighted by atomic mass is 9.77. The minimum atomic E-state index is -1.44. The van der Waals surface area contributed by atoms with Gasteiger partial charge in [0.2, 0.25) is 0 Å². The van der Waals surface area contributed by atoms with Gasteiger partial charge in [0.15, 0.2) is 11.4 Å². The number of esters is 1. The molecule has 2 aliphatic rings. The summed E-state index contributed by atoms with van der Waals surface area (Å²) in [6, 6.07) is 22.2. The van der Waals surface area contributed by atoms with Crippen LogP contribution in [0.5, 0.6) is 23.0 Å². The van der Waals surface area contributed by atoms with Gasteiger partial charge in [-0.3, -0.25) is 4.79 Å². The van der Waals surface area contributed by atoms with Crippen LogP contribution >= 0.6 is 0 Å². The average Bonchev–Trinajstić information content (AvgIpc) is 3.22. The van der Waals surface area contributed by atoms with Gasteiger partial charge in [-0.2, -0.15) is 0 Å². The number of phenols is 2. The average molecular weight is 523 g/mol. The molecule has 4 aromatic carbocycles. The Bertz CT molecular complexity index is 1650. The molecule has 1 unspecified atom stereocenters. The number of fused-ring (bicyclic) bond motifs is 6. The molecule has 0 aromatic heterocycles. The fourth-order valence-electron chi connectivity index (χ4n) is 5.37. The van der Waals surface area contributed by atoms with Gasteiger partial charge in [0, 0.05) is 34.5 Å². The number of hydrogen-bond donors (Lipinski definition) is 4. The van der Waals surface area contributed by atoms with Crippen LogP contribution in [0.4, 0.5) is 5.69 Å². The van der Waals surface area contributed by atoms with Crippen LogP contribution in [0.15, 0.2) is 78.9 Å². The van der Waals surface area contributed by atoms with E-state index < -0.39 is 17.5 Å². The van der Waals surface area contributed by atoms with Crippen LogP contribution in [0.25, 0.3) is 0 Å². The lowest BCUT2D eigenvalue weighted by molar-refractivity contribution is 0.0224. The molecule has 0 saturated heterocycles. The summed E-state index contributed by atoms with van der Waals surface area (Å²) in [5, 5.41) is 27.3. The Labute approximate surface area is 224 Å². The molecule has 4 aromatic rings. The maximum absolute atomic E-state index is 13.8. The van der Waals surface area contributed by atoms with Crippen molar-refractivity contribution >= 4 is 17.6 Å². The minimum absolute atomic E-state index is 0.0381. The number of carbonyl (C=O) groups excluding carboxylic acids is 2. The van der Waals surface area contributed by atoms with E-state index in [9.17, 15) is 19.8 Å². The predicted molar refractivity (Wildman–Crippen MR) is 145 cm³/mol. The molecular weight excluding hydrogens is 496 g/mol. The van der Waals surface area contributed by atoms with Crippen LogP contribution in [-0.4, -0.2) is 35.2 Å². The summed E-state index contributed by atoms with van der Waals surface area (Å²) in [6.07, 6.45) is 0.671. The van der Waals surface area contributed by atoms with Crippen molar-refractivity contribution in [1.82, 2.24) is 5.32 Å². The molecule has 4 N–H and O–H groups in total. The lowest BCUT2D eigenvalue weighted by Gasteiger charge is -2.37. The van der Waals surface area contributed by atoms with Gasteiger partial charge >= 0.3 is 5.97 Å². The summed E-state index contributed by atoms with van der Waals surface area (Å²) in [7, 11) is 1.87. The summed E-state index contributed by atoms with van der Waals surface area (Å²) in [5.41, 5.74) is 1.82. The number of carbonyl (C=O) groups is 2. The van der Waals surface area contributed by atoms with Crippen molar-refractivity contribution in [3.63, 3.8) is 0 Å². The number of benzene rings is 4. The minimum Gasteiger partial charge on any atom is -0.508 e. The first-order valence-electron chi connectivity index (χ1n) is 12.6. The highest BCUT2D eigenvalue weighted by Crippen LogP contribution is 2.58. The van der Waals surface area contributed by atoms with Crippen LogP contribution in [0.3, 0.4) is 0 Å². The highest BCUT2D eigenvalue weighted by atomic mass is 16.6. The molecule has 1 amide bonds. The van der Waals surface area contributed by atoms with E-state index in [4.69, 9.17) is 9.47 Å². The topological polar surface area (TPSA) is 117 Å². The molecule has 0 saturated carbocycles.